The maximum atomic E-state index is 8.19. The van der Waals surface area contributed by atoms with Gasteiger partial charge in [-0.3, -0.25) is 4.98 Å². The number of aryl methyl sites for hydroxylation is 1. The van der Waals surface area contributed by atoms with Crippen LogP contribution < -0.4 is 0 Å². The molecule has 0 aliphatic rings. The van der Waals surface area contributed by atoms with Crippen LogP contribution in [-0.2, 0) is 10.8 Å². The SMILES string of the molecule is [2H]c1c(C(C)(C)C)nc(C)c(C(C)(C)C)c1[2H]. The van der Waals surface area contributed by atoms with Gasteiger partial charge >= 0.3 is 0 Å². The fourth-order valence-electron chi connectivity index (χ4n) is 1.55. The summed E-state index contributed by atoms with van der Waals surface area (Å²) in [6.07, 6.45) is 0. The summed E-state index contributed by atoms with van der Waals surface area (Å²) in [6, 6.07) is 0.600. The van der Waals surface area contributed by atoms with E-state index in [0.717, 1.165) is 11.3 Å². The number of nitrogens with zero attached hydrogens (tertiary/aromatic N) is 1. The van der Waals surface area contributed by atoms with Gasteiger partial charge < -0.3 is 0 Å². The van der Waals surface area contributed by atoms with Crippen molar-refractivity contribution in [3.05, 3.63) is 29.0 Å². The summed E-state index contributed by atoms with van der Waals surface area (Å²) < 4.78 is 16.3. The van der Waals surface area contributed by atoms with Gasteiger partial charge in [-0.25, -0.2) is 0 Å². The minimum absolute atomic E-state index is 0.139. The lowest BCUT2D eigenvalue weighted by Crippen LogP contribution is -2.18. The standard InChI is InChI=1S/C14H23N/c1-10-11(13(2,3)4)8-9-12(15-10)14(5,6)7/h8-9H,1-7H3/i8D,9D. The Morgan fingerprint density at radius 1 is 1.00 bits per heavy atom. The average molecular weight is 207 g/mol. The van der Waals surface area contributed by atoms with Crippen LogP contribution in [0.15, 0.2) is 12.1 Å². The number of pyridine rings is 1. The van der Waals surface area contributed by atoms with E-state index in [9.17, 15) is 0 Å². The summed E-state index contributed by atoms with van der Waals surface area (Å²) in [5.74, 6) is 0. The molecule has 1 nitrogen and oxygen atoms in total. The quantitative estimate of drug-likeness (QED) is 0.627. The summed E-state index contributed by atoms with van der Waals surface area (Å²) in [5, 5.41) is 0. The van der Waals surface area contributed by atoms with Crippen LogP contribution in [0.5, 0.6) is 0 Å². The molecule has 1 aromatic heterocycles. The monoisotopic (exact) mass is 207 g/mol. The summed E-state index contributed by atoms with van der Waals surface area (Å²) in [4.78, 5) is 4.56. The number of aromatic nitrogens is 1. The first-order valence-electron chi connectivity index (χ1n) is 6.45. The van der Waals surface area contributed by atoms with E-state index in [2.05, 4.69) is 25.8 Å². The maximum absolute atomic E-state index is 8.19. The zero-order valence-corrected chi connectivity index (χ0v) is 10.9. The molecule has 0 aromatic carbocycles. The lowest BCUT2D eigenvalue weighted by molar-refractivity contribution is 0.551. The second-order valence-electron chi connectivity index (χ2n) is 6.17. The van der Waals surface area contributed by atoms with E-state index in [1.807, 2.05) is 27.7 Å². The van der Waals surface area contributed by atoms with Crippen LogP contribution in [0.25, 0.3) is 0 Å². The highest BCUT2D eigenvalue weighted by Crippen LogP contribution is 2.27. The van der Waals surface area contributed by atoms with Crippen molar-refractivity contribution in [3.8, 4) is 0 Å². The molecule has 0 N–H and O–H groups in total. The minimum Gasteiger partial charge on any atom is -0.257 e. The van der Waals surface area contributed by atoms with Gasteiger partial charge in [-0.15, -0.1) is 0 Å². The molecule has 0 fully saturated rings. The van der Waals surface area contributed by atoms with Crippen molar-refractivity contribution in [1.82, 2.24) is 4.98 Å². The van der Waals surface area contributed by atoms with Crippen LogP contribution in [0.1, 0.15) is 61.2 Å². The molecule has 0 unspecified atom stereocenters. The molecule has 0 aliphatic heterocycles. The van der Waals surface area contributed by atoms with Crippen molar-refractivity contribution >= 4 is 0 Å². The molecule has 0 amide bonds. The molecular weight excluding hydrogens is 182 g/mol. The largest absolute Gasteiger partial charge is 0.257 e. The predicted octanol–water partition coefficient (Wildman–Crippen LogP) is 3.99. The molecule has 1 aromatic rings. The van der Waals surface area contributed by atoms with Crippen molar-refractivity contribution in [2.24, 2.45) is 0 Å². The maximum Gasteiger partial charge on any atom is 0.0642 e. The van der Waals surface area contributed by atoms with Gasteiger partial charge in [0.25, 0.3) is 0 Å². The summed E-state index contributed by atoms with van der Waals surface area (Å²) in [7, 11) is 0. The zero-order chi connectivity index (χ0) is 13.6. The van der Waals surface area contributed by atoms with Crippen LogP contribution in [0.2, 0.25) is 0 Å². The molecule has 1 rings (SSSR count). The van der Waals surface area contributed by atoms with Crippen molar-refractivity contribution in [2.75, 3.05) is 0 Å². The molecule has 0 saturated carbocycles. The highest BCUT2D eigenvalue weighted by molar-refractivity contribution is 5.30. The lowest BCUT2D eigenvalue weighted by atomic mass is 9.84. The number of hydrogen-bond donors (Lipinski definition) is 0. The number of rotatable bonds is 0. The summed E-state index contributed by atoms with van der Waals surface area (Å²) in [6.45, 7) is 14.2. The highest BCUT2D eigenvalue weighted by Gasteiger charge is 2.20. The Labute approximate surface area is 96.7 Å². The van der Waals surface area contributed by atoms with E-state index in [4.69, 9.17) is 2.74 Å². The molecule has 1 heterocycles. The van der Waals surface area contributed by atoms with Gasteiger partial charge in [0.2, 0.25) is 0 Å². The fourth-order valence-corrected chi connectivity index (χ4v) is 1.55. The van der Waals surface area contributed by atoms with Crippen LogP contribution in [0.3, 0.4) is 0 Å². The van der Waals surface area contributed by atoms with E-state index < -0.39 is 0 Å². The Balaban J connectivity index is 3.60. The Morgan fingerprint density at radius 2 is 1.53 bits per heavy atom. The third-order valence-corrected chi connectivity index (χ3v) is 2.41. The summed E-state index contributed by atoms with van der Waals surface area (Å²) >= 11 is 0. The van der Waals surface area contributed by atoms with Crippen LogP contribution >= 0.6 is 0 Å². The van der Waals surface area contributed by atoms with E-state index in [-0.39, 0.29) is 16.9 Å². The normalized spacial score (nSPS) is 14.9. The van der Waals surface area contributed by atoms with Crippen molar-refractivity contribution in [1.29, 1.82) is 0 Å². The first-order valence-corrected chi connectivity index (χ1v) is 5.45. The van der Waals surface area contributed by atoms with Crippen LogP contribution in [0.4, 0.5) is 0 Å². The minimum atomic E-state index is -0.186. The Morgan fingerprint density at radius 3 is 1.93 bits per heavy atom. The van der Waals surface area contributed by atoms with E-state index in [0.29, 0.717) is 11.7 Å². The molecule has 0 aliphatic carbocycles. The van der Waals surface area contributed by atoms with Gasteiger partial charge in [-0.2, -0.15) is 0 Å². The van der Waals surface area contributed by atoms with Gasteiger partial charge in [0.1, 0.15) is 0 Å². The lowest BCUT2D eigenvalue weighted by Gasteiger charge is -2.24. The smallest absolute Gasteiger partial charge is 0.0642 e. The van der Waals surface area contributed by atoms with Crippen LogP contribution in [0, 0.1) is 6.92 Å². The molecular formula is C14H23N. The van der Waals surface area contributed by atoms with Crippen molar-refractivity contribution in [2.45, 2.75) is 59.3 Å². The molecule has 0 bridgehead atoms. The fraction of sp³-hybridized carbons (Fsp3) is 0.643. The third kappa shape index (κ3) is 2.80. The molecule has 15 heavy (non-hydrogen) atoms. The Hall–Kier alpha value is -0.850. The van der Waals surface area contributed by atoms with Gasteiger partial charge in [0, 0.05) is 16.8 Å². The van der Waals surface area contributed by atoms with Gasteiger partial charge in [-0.1, -0.05) is 47.6 Å². The highest BCUT2D eigenvalue weighted by atomic mass is 14.7. The second-order valence-corrected chi connectivity index (χ2v) is 6.17. The Kier molecular flexibility index (Phi) is 2.27. The van der Waals surface area contributed by atoms with Crippen molar-refractivity contribution < 1.29 is 2.74 Å². The molecule has 84 valence electrons. The van der Waals surface area contributed by atoms with Crippen LogP contribution in [-0.4, -0.2) is 4.98 Å². The average Bonchev–Trinajstić information content (AvgIpc) is 2.07. The summed E-state index contributed by atoms with van der Waals surface area (Å²) in [5.41, 5.74) is 2.15. The van der Waals surface area contributed by atoms with Crippen molar-refractivity contribution in [3.63, 3.8) is 0 Å². The predicted molar refractivity (Wildman–Crippen MR) is 66.4 cm³/mol. The molecule has 0 atom stereocenters. The molecule has 1 heteroatoms. The zero-order valence-electron chi connectivity index (χ0n) is 12.9. The number of hydrogen-bond acceptors (Lipinski definition) is 1. The van der Waals surface area contributed by atoms with Gasteiger partial charge in [0.15, 0.2) is 0 Å². The van der Waals surface area contributed by atoms with E-state index in [1.54, 1.807) is 0 Å². The molecule has 0 spiro atoms. The first-order chi connectivity index (χ1) is 7.46. The molecule has 0 saturated heterocycles. The first kappa shape index (κ1) is 9.38. The van der Waals surface area contributed by atoms with Gasteiger partial charge in [-0.05, 0) is 23.9 Å². The van der Waals surface area contributed by atoms with Gasteiger partial charge in [0.05, 0.1) is 2.74 Å². The molecule has 0 radical (unpaired) electrons. The third-order valence-electron chi connectivity index (χ3n) is 2.41. The Bertz CT molecular complexity index is 437. The van der Waals surface area contributed by atoms with E-state index in [1.165, 1.54) is 0 Å². The second kappa shape index (κ2) is 3.62. The van der Waals surface area contributed by atoms with E-state index >= 15 is 0 Å². The topological polar surface area (TPSA) is 12.9 Å².